The number of hydrogen-bond acceptors (Lipinski definition) is 3. The van der Waals surface area contributed by atoms with E-state index in [4.69, 9.17) is 14.2 Å². The Kier molecular flexibility index (Phi) is 17.3. The van der Waals surface area contributed by atoms with Gasteiger partial charge in [0.25, 0.3) is 0 Å². The summed E-state index contributed by atoms with van der Waals surface area (Å²) < 4.78 is 21.2. The van der Waals surface area contributed by atoms with Gasteiger partial charge in [-0.05, 0) is 54.2 Å². The molecule has 3 aromatic carbocycles. The summed E-state index contributed by atoms with van der Waals surface area (Å²) in [5.74, 6) is 3.17. The van der Waals surface area contributed by atoms with E-state index in [1.165, 1.54) is 57.8 Å². The summed E-state index contributed by atoms with van der Waals surface area (Å²) >= 11 is 0. The van der Waals surface area contributed by atoms with Crippen LogP contribution in [-0.4, -0.2) is 19.8 Å². The van der Waals surface area contributed by atoms with E-state index in [9.17, 15) is 0 Å². The lowest BCUT2D eigenvalue weighted by molar-refractivity contribution is -0.0128. The lowest BCUT2D eigenvalue weighted by Gasteiger charge is -2.38. The monoisotopic (exact) mass is 628 g/mol. The van der Waals surface area contributed by atoms with E-state index in [2.05, 4.69) is 120 Å². The van der Waals surface area contributed by atoms with Gasteiger partial charge in [0.05, 0.1) is 19.8 Å². The van der Waals surface area contributed by atoms with Gasteiger partial charge in [-0.1, -0.05) is 172 Å². The van der Waals surface area contributed by atoms with Crippen molar-refractivity contribution >= 4 is 0 Å². The lowest BCUT2D eigenvalue weighted by atomic mass is 9.79. The van der Waals surface area contributed by atoms with Crippen molar-refractivity contribution in [2.24, 2.45) is 17.8 Å². The Morgan fingerprint density at radius 2 is 0.957 bits per heavy atom. The molecule has 0 fully saturated rings. The molecule has 0 saturated carbocycles. The highest BCUT2D eigenvalue weighted by atomic mass is 16.5. The van der Waals surface area contributed by atoms with Crippen LogP contribution in [0.3, 0.4) is 0 Å². The molecule has 3 atom stereocenters. The summed E-state index contributed by atoms with van der Waals surface area (Å²) in [7, 11) is 0. The van der Waals surface area contributed by atoms with Gasteiger partial charge in [0, 0.05) is 5.56 Å². The smallest absolute Gasteiger partial charge is 0.167 e. The van der Waals surface area contributed by atoms with Crippen LogP contribution in [0, 0.1) is 17.8 Å². The number of benzene rings is 3. The zero-order valence-electron chi connectivity index (χ0n) is 30.1. The molecule has 0 aliphatic carbocycles. The average molecular weight is 629 g/mol. The van der Waals surface area contributed by atoms with Gasteiger partial charge < -0.3 is 14.2 Å². The van der Waals surface area contributed by atoms with Crippen molar-refractivity contribution < 1.29 is 14.2 Å². The molecule has 0 spiro atoms. The standard InChI is InChI=1S/C43H64O3/c1-7-13-23-35(10-4)32-44-41-31-22-30-40(42(41)45-33-36(11-5)24-14-8-2)43(38-26-18-16-19-27-38,39-28-20-17-21-29-39)46-34-37(12-6)25-15-9-3/h16-22,26-31,35-37H,7-15,23-25,32-34H2,1-6H3. The van der Waals surface area contributed by atoms with Crippen LogP contribution in [0.5, 0.6) is 11.5 Å². The van der Waals surface area contributed by atoms with Crippen LogP contribution in [0.15, 0.2) is 78.9 Å². The zero-order valence-corrected chi connectivity index (χ0v) is 30.1. The maximum atomic E-state index is 7.40. The zero-order chi connectivity index (χ0) is 33.0. The van der Waals surface area contributed by atoms with Crippen LogP contribution < -0.4 is 9.47 Å². The summed E-state index contributed by atoms with van der Waals surface area (Å²) in [6.07, 6.45) is 14.1. The lowest BCUT2D eigenvalue weighted by Crippen LogP contribution is -2.35. The van der Waals surface area contributed by atoms with Gasteiger partial charge in [0.1, 0.15) is 5.60 Å². The highest BCUT2D eigenvalue weighted by Gasteiger charge is 2.41. The third-order valence-electron chi connectivity index (χ3n) is 9.82. The predicted molar refractivity (Wildman–Crippen MR) is 196 cm³/mol. The first-order chi connectivity index (χ1) is 22.6. The van der Waals surface area contributed by atoms with E-state index in [0.717, 1.165) is 47.5 Å². The second-order valence-electron chi connectivity index (χ2n) is 13.2. The molecule has 0 bridgehead atoms. The summed E-state index contributed by atoms with van der Waals surface area (Å²) in [6.45, 7) is 15.7. The van der Waals surface area contributed by atoms with Crippen LogP contribution in [0.25, 0.3) is 0 Å². The first-order valence-corrected chi connectivity index (χ1v) is 18.7. The van der Waals surface area contributed by atoms with Gasteiger partial charge >= 0.3 is 0 Å². The Labute approximate surface area is 282 Å². The summed E-state index contributed by atoms with van der Waals surface area (Å²) in [5, 5.41) is 0. The molecule has 0 amide bonds. The highest BCUT2D eigenvalue weighted by molar-refractivity contribution is 5.57. The Bertz CT molecular complexity index is 1150. The summed E-state index contributed by atoms with van der Waals surface area (Å²) in [6, 6.07) is 28.0. The minimum atomic E-state index is -0.853. The average Bonchev–Trinajstić information content (AvgIpc) is 3.11. The van der Waals surface area contributed by atoms with Crippen LogP contribution in [0.1, 0.15) is 135 Å². The molecule has 3 nitrogen and oxygen atoms in total. The molecule has 0 radical (unpaired) electrons. The predicted octanol–water partition coefficient (Wildman–Crippen LogP) is 12.4. The van der Waals surface area contributed by atoms with Crippen molar-refractivity contribution in [3.8, 4) is 11.5 Å². The minimum Gasteiger partial charge on any atom is -0.489 e. The third kappa shape index (κ3) is 10.6. The van der Waals surface area contributed by atoms with Crippen LogP contribution >= 0.6 is 0 Å². The topological polar surface area (TPSA) is 27.7 Å². The van der Waals surface area contributed by atoms with Crippen molar-refractivity contribution in [3.63, 3.8) is 0 Å². The number of ether oxygens (including phenoxy) is 3. The SMILES string of the molecule is CCCCC(CC)COc1cccc(C(OCC(CC)CCCC)(c2ccccc2)c2ccccc2)c1OCC(CC)CCCC. The molecular weight excluding hydrogens is 564 g/mol. The van der Waals surface area contributed by atoms with Gasteiger partial charge in [-0.15, -0.1) is 0 Å². The van der Waals surface area contributed by atoms with Crippen LogP contribution in [-0.2, 0) is 10.3 Å². The Hall–Kier alpha value is -2.78. The number of para-hydroxylation sites is 1. The largest absolute Gasteiger partial charge is 0.489 e. The quantitative estimate of drug-likeness (QED) is 0.0924. The second-order valence-corrected chi connectivity index (χ2v) is 13.2. The van der Waals surface area contributed by atoms with Gasteiger partial charge in [0.2, 0.25) is 0 Å². The number of unbranched alkanes of at least 4 members (excludes halogenated alkanes) is 3. The van der Waals surface area contributed by atoms with E-state index in [1.54, 1.807) is 0 Å². The van der Waals surface area contributed by atoms with Crippen LogP contribution in [0.2, 0.25) is 0 Å². The molecular formula is C43H64O3. The summed E-state index contributed by atoms with van der Waals surface area (Å²) in [5.41, 5.74) is 2.40. The maximum absolute atomic E-state index is 7.40. The molecule has 0 saturated heterocycles. The fourth-order valence-corrected chi connectivity index (χ4v) is 6.47. The fraction of sp³-hybridized carbons (Fsp3) is 0.581. The molecule has 0 aliphatic heterocycles. The normalized spacial score (nSPS) is 13.7. The Balaban J connectivity index is 2.22. The molecule has 3 heteroatoms. The van der Waals surface area contributed by atoms with E-state index in [0.29, 0.717) is 37.6 Å². The summed E-state index contributed by atoms with van der Waals surface area (Å²) in [4.78, 5) is 0. The first kappa shape index (κ1) is 37.7. The molecule has 0 aromatic heterocycles. The molecule has 3 rings (SSSR count). The van der Waals surface area contributed by atoms with Gasteiger partial charge in [0.15, 0.2) is 11.5 Å². The van der Waals surface area contributed by atoms with Gasteiger partial charge in [-0.2, -0.15) is 0 Å². The minimum absolute atomic E-state index is 0.484. The third-order valence-corrected chi connectivity index (χ3v) is 9.82. The Morgan fingerprint density at radius 1 is 0.500 bits per heavy atom. The maximum Gasteiger partial charge on any atom is 0.167 e. The molecule has 3 unspecified atom stereocenters. The molecule has 0 heterocycles. The second kappa shape index (κ2) is 21.2. The van der Waals surface area contributed by atoms with Gasteiger partial charge in [-0.3, -0.25) is 0 Å². The molecule has 46 heavy (non-hydrogen) atoms. The van der Waals surface area contributed by atoms with E-state index < -0.39 is 5.60 Å². The van der Waals surface area contributed by atoms with Crippen molar-refractivity contribution in [3.05, 3.63) is 95.6 Å². The highest BCUT2D eigenvalue weighted by Crippen LogP contribution is 2.48. The number of hydrogen-bond donors (Lipinski definition) is 0. The van der Waals surface area contributed by atoms with E-state index >= 15 is 0 Å². The Morgan fingerprint density at radius 3 is 1.41 bits per heavy atom. The van der Waals surface area contributed by atoms with Crippen LogP contribution in [0.4, 0.5) is 0 Å². The molecule has 0 N–H and O–H groups in total. The fourth-order valence-electron chi connectivity index (χ4n) is 6.47. The van der Waals surface area contributed by atoms with Crippen molar-refractivity contribution in [2.45, 2.75) is 124 Å². The molecule has 254 valence electrons. The van der Waals surface area contributed by atoms with E-state index in [1.807, 2.05) is 0 Å². The van der Waals surface area contributed by atoms with E-state index in [-0.39, 0.29) is 0 Å². The first-order valence-electron chi connectivity index (χ1n) is 18.7. The number of rotatable bonds is 24. The van der Waals surface area contributed by atoms with Gasteiger partial charge in [-0.25, -0.2) is 0 Å². The van der Waals surface area contributed by atoms with Crippen molar-refractivity contribution in [1.29, 1.82) is 0 Å². The molecule has 0 aliphatic rings. The molecule has 3 aromatic rings. The van der Waals surface area contributed by atoms with Crippen molar-refractivity contribution in [2.75, 3.05) is 19.8 Å². The van der Waals surface area contributed by atoms with Crippen molar-refractivity contribution in [1.82, 2.24) is 0 Å².